The molecule has 0 unspecified atom stereocenters. The second-order valence-electron chi connectivity index (χ2n) is 7.32. The first-order chi connectivity index (χ1) is 14.2. The van der Waals surface area contributed by atoms with Gasteiger partial charge in [-0.05, 0) is 24.7 Å². The highest BCUT2D eigenvalue weighted by atomic mass is 32.1. The molecular weight excluding hydrogens is 386 g/mol. The molecule has 0 atom stereocenters. The first-order valence-corrected chi connectivity index (χ1v) is 10.4. The second-order valence-corrected chi connectivity index (χ2v) is 8.32. The summed E-state index contributed by atoms with van der Waals surface area (Å²) < 4.78 is 0. The average Bonchev–Trinajstić information content (AvgIpc) is 3.12. The van der Waals surface area contributed by atoms with Gasteiger partial charge in [-0.25, -0.2) is 15.0 Å². The van der Waals surface area contributed by atoms with E-state index in [-0.39, 0.29) is 5.91 Å². The van der Waals surface area contributed by atoms with Gasteiger partial charge in [-0.15, -0.1) is 11.3 Å². The molecule has 1 amide bonds. The van der Waals surface area contributed by atoms with Crippen LogP contribution < -0.4 is 10.6 Å². The summed E-state index contributed by atoms with van der Waals surface area (Å²) in [5, 5.41) is 6.86. The zero-order valence-corrected chi connectivity index (χ0v) is 16.9. The molecule has 2 aliphatic rings. The Morgan fingerprint density at radius 1 is 1.17 bits per heavy atom. The van der Waals surface area contributed by atoms with Crippen molar-refractivity contribution in [2.24, 2.45) is 4.99 Å². The molecule has 2 N–H and O–H groups in total. The minimum Gasteiger partial charge on any atom is -0.344 e. The van der Waals surface area contributed by atoms with E-state index in [9.17, 15) is 4.79 Å². The van der Waals surface area contributed by atoms with Crippen LogP contribution >= 0.6 is 11.3 Å². The van der Waals surface area contributed by atoms with Gasteiger partial charge in [-0.1, -0.05) is 12.1 Å². The van der Waals surface area contributed by atoms with Gasteiger partial charge < -0.3 is 15.5 Å². The highest BCUT2D eigenvalue weighted by Gasteiger charge is 2.23. The molecule has 2 aliphatic heterocycles. The van der Waals surface area contributed by atoms with Gasteiger partial charge in [0.15, 0.2) is 5.82 Å². The van der Waals surface area contributed by atoms with Gasteiger partial charge in [-0.3, -0.25) is 9.69 Å². The van der Waals surface area contributed by atoms with Crippen molar-refractivity contribution in [3.63, 3.8) is 0 Å². The summed E-state index contributed by atoms with van der Waals surface area (Å²) in [6, 6.07) is 8.08. The monoisotopic (exact) mass is 407 g/mol. The molecule has 0 aliphatic carbocycles. The van der Waals surface area contributed by atoms with Crippen LogP contribution in [0.1, 0.15) is 15.2 Å². The van der Waals surface area contributed by atoms with E-state index in [1.807, 2.05) is 12.1 Å². The van der Waals surface area contributed by atoms with Crippen LogP contribution in [0.15, 0.2) is 35.6 Å². The lowest BCUT2D eigenvalue weighted by Crippen LogP contribution is -2.43. The summed E-state index contributed by atoms with van der Waals surface area (Å²) in [6.45, 7) is 5.33. The molecular formula is C20H21N7OS. The number of likely N-dealkylation sites (N-methyl/N-ethyl adjacent to an activating group) is 1. The van der Waals surface area contributed by atoms with Crippen molar-refractivity contribution >= 4 is 51.0 Å². The van der Waals surface area contributed by atoms with E-state index >= 15 is 0 Å². The van der Waals surface area contributed by atoms with Crippen LogP contribution in [0, 0.1) is 0 Å². The van der Waals surface area contributed by atoms with Gasteiger partial charge in [-0.2, -0.15) is 0 Å². The Balaban J connectivity index is 1.29. The Hall–Kier alpha value is -2.88. The molecule has 4 heterocycles. The van der Waals surface area contributed by atoms with Crippen molar-refractivity contribution in [2.75, 3.05) is 43.9 Å². The van der Waals surface area contributed by atoms with Crippen LogP contribution in [-0.2, 0) is 6.54 Å². The molecule has 0 bridgehead atoms. The van der Waals surface area contributed by atoms with Crippen molar-refractivity contribution in [2.45, 2.75) is 6.54 Å². The predicted octanol–water partition coefficient (Wildman–Crippen LogP) is 2.78. The number of nitrogens with one attached hydrogen (secondary N) is 2. The normalized spacial score (nSPS) is 16.7. The van der Waals surface area contributed by atoms with E-state index in [4.69, 9.17) is 0 Å². The standard InChI is InChI=1S/C20H21N7OS/c1-26-6-8-27(9-7-26)10-13-2-4-14(5-3-13)25-19(28)17-16-15-18(22-11-21-16)23-12-24-20(15)29-17/h2-5,11-12H,6-10H2,1H3,(H,25,28)(H,21,22,23,24). The quantitative estimate of drug-likeness (QED) is 0.692. The molecule has 8 nitrogen and oxygen atoms in total. The minimum atomic E-state index is -0.163. The Morgan fingerprint density at radius 2 is 1.97 bits per heavy atom. The molecule has 0 radical (unpaired) electrons. The summed E-state index contributed by atoms with van der Waals surface area (Å²) in [4.78, 5) is 31.7. The number of rotatable bonds is 4. The molecule has 0 spiro atoms. The largest absolute Gasteiger partial charge is 0.344 e. The number of hydrogen-bond donors (Lipinski definition) is 2. The number of carbonyl (C=O) groups is 1. The topological polar surface area (TPSA) is 85.8 Å². The molecule has 5 rings (SSSR count). The van der Waals surface area contributed by atoms with E-state index in [0.29, 0.717) is 10.7 Å². The lowest BCUT2D eigenvalue weighted by molar-refractivity contribution is 0.103. The number of thiophene rings is 1. The van der Waals surface area contributed by atoms with Crippen LogP contribution in [0.25, 0.3) is 10.2 Å². The fraction of sp³-hybridized carbons (Fsp3) is 0.300. The van der Waals surface area contributed by atoms with Crippen molar-refractivity contribution in [1.29, 1.82) is 0 Å². The number of hydrogen-bond acceptors (Lipinski definition) is 8. The summed E-state index contributed by atoms with van der Waals surface area (Å²) in [6.07, 6.45) is 3.03. The molecule has 9 heteroatoms. The summed E-state index contributed by atoms with van der Waals surface area (Å²) in [5.41, 5.74) is 2.75. The van der Waals surface area contributed by atoms with Crippen LogP contribution in [-0.4, -0.2) is 65.2 Å². The number of aliphatic imine (C=N–C) groups is 1. The third kappa shape index (κ3) is 3.59. The fourth-order valence-corrected chi connectivity index (χ4v) is 4.61. The fourth-order valence-electron chi connectivity index (χ4n) is 3.62. The maximum Gasteiger partial charge on any atom is 0.267 e. The Morgan fingerprint density at radius 3 is 2.76 bits per heavy atom. The number of aromatic nitrogens is 2. The van der Waals surface area contributed by atoms with Gasteiger partial charge in [0.25, 0.3) is 5.91 Å². The first kappa shape index (κ1) is 18.2. The maximum atomic E-state index is 12.9. The molecule has 148 valence electrons. The highest BCUT2D eigenvalue weighted by Crippen LogP contribution is 2.40. The van der Waals surface area contributed by atoms with Crippen LogP contribution in [0.2, 0.25) is 0 Å². The number of piperazine rings is 1. The smallest absolute Gasteiger partial charge is 0.267 e. The third-order valence-corrected chi connectivity index (χ3v) is 6.38. The van der Waals surface area contributed by atoms with Gasteiger partial charge >= 0.3 is 0 Å². The molecule has 3 aromatic rings. The van der Waals surface area contributed by atoms with Crippen molar-refractivity contribution in [1.82, 2.24) is 19.8 Å². The predicted molar refractivity (Wildman–Crippen MR) is 116 cm³/mol. The number of nitrogens with zero attached hydrogens (tertiary/aromatic N) is 5. The van der Waals surface area contributed by atoms with Crippen molar-refractivity contribution in [3.8, 4) is 0 Å². The van der Waals surface area contributed by atoms with Gasteiger partial charge in [0.1, 0.15) is 16.0 Å². The van der Waals surface area contributed by atoms with Crippen molar-refractivity contribution in [3.05, 3.63) is 41.0 Å². The van der Waals surface area contributed by atoms with Gasteiger partial charge in [0, 0.05) is 38.4 Å². The molecule has 0 saturated carbocycles. The van der Waals surface area contributed by atoms with Crippen LogP contribution in [0.3, 0.4) is 0 Å². The number of anilines is 2. The zero-order chi connectivity index (χ0) is 19.8. The molecule has 1 saturated heterocycles. The first-order valence-electron chi connectivity index (χ1n) is 9.55. The van der Waals surface area contributed by atoms with Crippen LogP contribution in [0.5, 0.6) is 0 Å². The van der Waals surface area contributed by atoms with E-state index in [1.165, 1.54) is 23.2 Å². The van der Waals surface area contributed by atoms with E-state index < -0.39 is 0 Å². The van der Waals surface area contributed by atoms with Gasteiger partial charge in [0.05, 0.1) is 17.4 Å². The molecule has 29 heavy (non-hydrogen) atoms. The Bertz CT molecular complexity index is 1080. The summed E-state index contributed by atoms with van der Waals surface area (Å²) in [7, 11) is 2.16. The zero-order valence-electron chi connectivity index (χ0n) is 16.1. The SMILES string of the molecule is CN1CCN(Cc2ccc(NC(=O)c3sc4ncnc5c4c3NC=N5)cc2)CC1. The Kier molecular flexibility index (Phi) is 4.70. The minimum absolute atomic E-state index is 0.163. The number of amides is 1. The summed E-state index contributed by atoms with van der Waals surface area (Å²) in [5.74, 6) is 0.427. The maximum absolute atomic E-state index is 12.9. The second kappa shape index (κ2) is 7.51. The number of carbonyl (C=O) groups excluding carboxylic acids is 1. The highest BCUT2D eigenvalue weighted by molar-refractivity contribution is 7.21. The third-order valence-electron chi connectivity index (χ3n) is 5.28. The van der Waals surface area contributed by atoms with E-state index in [1.54, 1.807) is 6.34 Å². The van der Waals surface area contributed by atoms with E-state index in [2.05, 4.69) is 54.6 Å². The summed E-state index contributed by atoms with van der Waals surface area (Å²) >= 11 is 1.34. The van der Waals surface area contributed by atoms with E-state index in [0.717, 1.165) is 54.3 Å². The molecule has 1 aromatic carbocycles. The Labute approximate surface area is 172 Å². The number of benzene rings is 1. The molecule has 2 aromatic heterocycles. The molecule has 1 fully saturated rings. The van der Waals surface area contributed by atoms with Gasteiger partial charge in [0.2, 0.25) is 0 Å². The lowest BCUT2D eigenvalue weighted by Gasteiger charge is -2.32. The average molecular weight is 408 g/mol. The van der Waals surface area contributed by atoms with Crippen molar-refractivity contribution < 1.29 is 4.79 Å². The van der Waals surface area contributed by atoms with Crippen LogP contribution in [0.4, 0.5) is 17.2 Å². The lowest BCUT2D eigenvalue weighted by atomic mass is 10.1.